The molecule has 0 aromatic carbocycles. The average molecular weight is 343 g/mol. The van der Waals surface area contributed by atoms with Gasteiger partial charge in [-0.2, -0.15) is 0 Å². The number of hydrogen-bond acceptors (Lipinski definition) is 5. The molecule has 1 saturated heterocycles. The van der Waals surface area contributed by atoms with E-state index in [1.165, 1.54) is 6.20 Å². The Labute approximate surface area is 132 Å². The van der Waals surface area contributed by atoms with Gasteiger partial charge in [0.1, 0.15) is 4.90 Å². The zero-order chi connectivity index (χ0) is 12.8. The average Bonchev–Trinajstić information content (AvgIpc) is 2.41. The summed E-state index contributed by atoms with van der Waals surface area (Å²) in [6.07, 6.45) is 2.91. The maximum Gasteiger partial charge on any atom is 0.242 e. The molecule has 2 N–H and O–H groups in total. The number of aromatic nitrogens is 1. The van der Waals surface area contributed by atoms with E-state index in [1.807, 2.05) is 0 Å². The van der Waals surface area contributed by atoms with E-state index in [0.717, 1.165) is 32.7 Å². The minimum Gasteiger partial charge on any atom is -0.314 e. The van der Waals surface area contributed by atoms with Gasteiger partial charge in [0.2, 0.25) is 10.0 Å². The van der Waals surface area contributed by atoms with Crippen LogP contribution in [0.2, 0.25) is 0 Å². The molecule has 1 aromatic rings. The zero-order valence-electron chi connectivity index (χ0n) is 11.0. The van der Waals surface area contributed by atoms with Crippen LogP contribution in [0.5, 0.6) is 0 Å². The molecule has 116 valence electrons. The van der Waals surface area contributed by atoms with Crippen LogP contribution in [-0.4, -0.2) is 57.6 Å². The maximum absolute atomic E-state index is 11.9. The Bertz CT molecular complexity index is 467. The Morgan fingerprint density at radius 1 is 1.30 bits per heavy atom. The van der Waals surface area contributed by atoms with E-state index >= 15 is 0 Å². The first-order chi connectivity index (χ1) is 8.68. The SMILES string of the molecule is Cl.Cl.O=S(=O)(NCCN1CCNCC1)c1cccnc1. The van der Waals surface area contributed by atoms with Gasteiger partial charge in [0.25, 0.3) is 0 Å². The Morgan fingerprint density at radius 2 is 2.00 bits per heavy atom. The van der Waals surface area contributed by atoms with Gasteiger partial charge >= 0.3 is 0 Å². The van der Waals surface area contributed by atoms with Crippen LogP contribution in [0.25, 0.3) is 0 Å². The highest BCUT2D eigenvalue weighted by atomic mass is 35.5. The molecule has 0 radical (unpaired) electrons. The third-order valence-electron chi connectivity index (χ3n) is 2.87. The third kappa shape index (κ3) is 5.90. The summed E-state index contributed by atoms with van der Waals surface area (Å²) in [4.78, 5) is 6.26. The number of sulfonamides is 1. The van der Waals surface area contributed by atoms with Crippen molar-refractivity contribution in [3.05, 3.63) is 24.5 Å². The van der Waals surface area contributed by atoms with Crippen molar-refractivity contribution in [2.75, 3.05) is 39.3 Å². The predicted octanol–water partition coefficient (Wildman–Crippen LogP) is 0.109. The van der Waals surface area contributed by atoms with Crippen molar-refractivity contribution < 1.29 is 8.42 Å². The largest absolute Gasteiger partial charge is 0.314 e. The molecular formula is C11H20Cl2N4O2S. The number of pyridine rings is 1. The molecule has 1 fully saturated rings. The summed E-state index contributed by atoms with van der Waals surface area (Å²) in [7, 11) is -3.42. The molecule has 2 heterocycles. The van der Waals surface area contributed by atoms with Crippen LogP contribution in [0.4, 0.5) is 0 Å². The van der Waals surface area contributed by atoms with E-state index in [9.17, 15) is 8.42 Å². The Kier molecular flexibility index (Phi) is 9.28. The first kappa shape index (κ1) is 19.6. The molecule has 0 unspecified atom stereocenters. The highest BCUT2D eigenvalue weighted by Gasteiger charge is 2.14. The van der Waals surface area contributed by atoms with Crippen LogP contribution in [0, 0.1) is 0 Å². The normalized spacial score (nSPS) is 16.0. The number of rotatable bonds is 5. The minimum atomic E-state index is -3.42. The van der Waals surface area contributed by atoms with Gasteiger partial charge in [0.15, 0.2) is 0 Å². The van der Waals surface area contributed by atoms with Crippen LogP contribution in [0.3, 0.4) is 0 Å². The lowest BCUT2D eigenvalue weighted by molar-refractivity contribution is 0.245. The fraction of sp³-hybridized carbons (Fsp3) is 0.545. The second-order valence-electron chi connectivity index (χ2n) is 4.18. The zero-order valence-corrected chi connectivity index (χ0v) is 13.4. The monoisotopic (exact) mass is 342 g/mol. The van der Waals surface area contributed by atoms with E-state index in [2.05, 4.69) is 19.9 Å². The molecule has 1 aliphatic heterocycles. The number of piperazine rings is 1. The van der Waals surface area contributed by atoms with Crippen molar-refractivity contribution >= 4 is 34.8 Å². The van der Waals surface area contributed by atoms with Crippen molar-refractivity contribution in [2.45, 2.75) is 4.90 Å². The molecule has 20 heavy (non-hydrogen) atoms. The van der Waals surface area contributed by atoms with Gasteiger partial charge in [-0.25, -0.2) is 13.1 Å². The van der Waals surface area contributed by atoms with Crippen LogP contribution in [0.15, 0.2) is 29.4 Å². The van der Waals surface area contributed by atoms with Crippen molar-refractivity contribution in [3.8, 4) is 0 Å². The van der Waals surface area contributed by atoms with E-state index in [-0.39, 0.29) is 29.7 Å². The van der Waals surface area contributed by atoms with Crippen molar-refractivity contribution in [1.82, 2.24) is 19.9 Å². The van der Waals surface area contributed by atoms with Gasteiger partial charge in [-0.3, -0.25) is 9.88 Å². The summed E-state index contributed by atoms with van der Waals surface area (Å²) in [5.41, 5.74) is 0. The smallest absolute Gasteiger partial charge is 0.242 e. The second-order valence-corrected chi connectivity index (χ2v) is 5.95. The van der Waals surface area contributed by atoms with E-state index in [4.69, 9.17) is 0 Å². The summed E-state index contributed by atoms with van der Waals surface area (Å²) < 4.78 is 26.4. The van der Waals surface area contributed by atoms with Crippen molar-refractivity contribution in [2.24, 2.45) is 0 Å². The Hall–Kier alpha value is -0.440. The van der Waals surface area contributed by atoms with Gasteiger partial charge in [-0.05, 0) is 12.1 Å². The molecular weight excluding hydrogens is 323 g/mol. The summed E-state index contributed by atoms with van der Waals surface area (Å²) in [6.45, 7) is 5.03. The minimum absolute atomic E-state index is 0. The van der Waals surface area contributed by atoms with E-state index in [1.54, 1.807) is 18.3 Å². The summed E-state index contributed by atoms with van der Waals surface area (Å²) in [5, 5.41) is 3.26. The number of hydrogen-bond donors (Lipinski definition) is 2. The molecule has 0 saturated carbocycles. The van der Waals surface area contributed by atoms with Crippen molar-refractivity contribution in [3.63, 3.8) is 0 Å². The topological polar surface area (TPSA) is 74.3 Å². The fourth-order valence-corrected chi connectivity index (χ4v) is 2.85. The summed E-state index contributed by atoms with van der Waals surface area (Å²) in [5.74, 6) is 0. The van der Waals surface area contributed by atoms with Gasteiger partial charge in [-0.1, -0.05) is 0 Å². The number of nitrogens with one attached hydrogen (secondary N) is 2. The Morgan fingerprint density at radius 3 is 2.60 bits per heavy atom. The predicted molar refractivity (Wildman–Crippen MR) is 83.2 cm³/mol. The summed E-state index contributed by atoms with van der Waals surface area (Å²) in [6, 6.07) is 3.16. The van der Waals surface area contributed by atoms with E-state index < -0.39 is 10.0 Å². The third-order valence-corrected chi connectivity index (χ3v) is 4.32. The van der Waals surface area contributed by atoms with Crippen LogP contribution >= 0.6 is 24.8 Å². The molecule has 0 atom stereocenters. The first-order valence-corrected chi connectivity index (χ1v) is 7.49. The molecule has 0 spiro atoms. The molecule has 0 bridgehead atoms. The molecule has 2 rings (SSSR count). The van der Waals surface area contributed by atoms with Gasteiger partial charge in [-0.15, -0.1) is 24.8 Å². The molecule has 1 aromatic heterocycles. The van der Waals surface area contributed by atoms with Crippen LogP contribution < -0.4 is 10.0 Å². The van der Waals surface area contributed by atoms with Crippen LogP contribution in [0.1, 0.15) is 0 Å². The summed E-state index contributed by atoms with van der Waals surface area (Å²) >= 11 is 0. The molecule has 0 aliphatic carbocycles. The van der Waals surface area contributed by atoms with Gasteiger partial charge in [0, 0.05) is 51.7 Å². The highest BCUT2D eigenvalue weighted by molar-refractivity contribution is 7.89. The number of halogens is 2. The quantitative estimate of drug-likeness (QED) is 0.794. The maximum atomic E-state index is 11.9. The molecule has 0 amide bonds. The highest BCUT2D eigenvalue weighted by Crippen LogP contribution is 2.04. The van der Waals surface area contributed by atoms with Gasteiger partial charge in [0.05, 0.1) is 0 Å². The lowest BCUT2D eigenvalue weighted by Crippen LogP contribution is -2.46. The standard InChI is InChI=1S/C11H18N4O2S.2ClH/c16-18(17,11-2-1-3-13-10-11)14-6-9-15-7-4-12-5-8-15;;/h1-3,10,12,14H,4-9H2;2*1H. The number of nitrogens with zero attached hydrogens (tertiary/aromatic N) is 2. The Balaban J connectivity index is 0.00000180. The molecule has 6 nitrogen and oxygen atoms in total. The molecule has 1 aliphatic rings. The lowest BCUT2D eigenvalue weighted by Gasteiger charge is -2.27. The lowest BCUT2D eigenvalue weighted by atomic mass is 10.3. The van der Waals surface area contributed by atoms with Gasteiger partial charge < -0.3 is 5.32 Å². The second kappa shape index (κ2) is 9.49. The first-order valence-electron chi connectivity index (χ1n) is 6.01. The van der Waals surface area contributed by atoms with Crippen LogP contribution in [-0.2, 0) is 10.0 Å². The van der Waals surface area contributed by atoms with Crippen molar-refractivity contribution in [1.29, 1.82) is 0 Å². The van der Waals surface area contributed by atoms with E-state index in [0.29, 0.717) is 6.54 Å². The fourth-order valence-electron chi connectivity index (χ4n) is 1.86. The molecule has 9 heteroatoms.